The molecule has 0 aromatic heterocycles. The zero-order valence-corrected chi connectivity index (χ0v) is 10.3. The lowest BCUT2D eigenvalue weighted by Crippen LogP contribution is -2.52. The average molecular weight is 233 g/mol. The maximum Gasteiger partial charge on any atom is 0.408 e. The van der Waals surface area contributed by atoms with Gasteiger partial charge in [-0.2, -0.15) is 0 Å². The van der Waals surface area contributed by atoms with Crippen LogP contribution in [0.2, 0.25) is 0 Å². The quantitative estimate of drug-likeness (QED) is 0.604. The van der Waals surface area contributed by atoms with Crippen molar-refractivity contribution in [3.63, 3.8) is 0 Å². The molecular weight excluding hydrogens is 210 g/mol. The second-order valence-corrected chi connectivity index (χ2v) is 4.88. The fraction of sp³-hybridized carbons (Fsp3) is 0.909. The molecule has 0 aliphatic carbocycles. The molecule has 0 radical (unpaired) electrons. The van der Waals surface area contributed by atoms with Crippen molar-refractivity contribution >= 4 is 6.09 Å². The van der Waals surface area contributed by atoms with Crippen LogP contribution in [-0.2, 0) is 0 Å². The van der Waals surface area contributed by atoms with E-state index in [1.54, 1.807) is 20.8 Å². The Morgan fingerprint density at radius 1 is 1.25 bits per heavy atom. The van der Waals surface area contributed by atoms with Gasteiger partial charge >= 0.3 is 6.09 Å². The summed E-state index contributed by atoms with van der Waals surface area (Å²) in [5.41, 5.74) is -0.529. The van der Waals surface area contributed by atoms with Crippen LogP contribution >= 0.6 is 0 Å². The SMILES string of the molecule is CC(C)(C)N(C(=O)O)[C@@H](CO)CCCCO. The maximum atomic E-state index is 11.1. The van der Waals surface area contributed by atoms with E-state index in [0.29, 0.717) is 19.3 Å². The fourth-order valence-corrected chi connectivity index (χ4v) is 1.78. The first-order valence-corrected chi connectivity index (χ1v) is 5.58. The Hall–Kier alpha value is -0.810. The lowest BCUT2D eigenvalue weighted by molar-refractivity contribution is 0.0417. The van der Waals surface area contributed by atoms with Crippen LogP contribution in [0, 0.1) is 0 Å². The van der Waals surface area contributed by atoms with E-state index in [1.807, 2.05) is 0 Å². The molecule has 1 atom stereocenters. The van der Waals surface area contributed by atoms with Crippen LogP contribution in [0.4, 0.5) is 4.79 Å². The first-order valence-electron chi connectivity index (χ1n) is 5.58. The molecule has 0 aliphatic rings. The van der Waals surface area contributed by atoms with Gasteiger partial charge in [0.25, 0.3) is 0 Å². The van der Waals surface area contributed by atoms with Crippen molar-refractivity contribution < 1.29 is 20.1 Å². The molecule has 96 valence electrons. The van der Waals surface area contributed by atoms with Gasteiger partial charge in [0.05, 0.1) is 12.6 Å². The van der Waals surface area contributed by atoms with Crippen molar-refractivity contribution in [3.8, 4) is 0 Å². The second-order valence-electron chi connectivity index (χ2n) is 4.88. The summed E-state index contributed by atoms with van der Waals surface area (Å²) < 4.78 is 0. The molecule has 0 unspecified atom stereocenters. The van der Waals surface area contributed by atoms with Gasteiger partial charge in [0.15, 0.2) is 0 Å². The van der Waals surface area contributed by atoms with Gasteiger partial charge in [0.1, 0.15) is 0 Å². The minimum atomic E-state index is -1.02. The van der Waals surface area contributed by atoms with Gasteiger partial charge in [0, 0.05) is 12.1 Å². The number of rotatable bonds is 6. The number of unbranched alkanes of at least 4 members (excludes halogenated alkanes) is 1. The Balaban J connectivity index is 4.54. The lowest BCUT2D eigenvalue weighted by atomic mass is 10.0. The van der Waals surface area contributed by atoms with E-state index < -0.39 is 17.7 Å². The van der Waals surface area contributed by atoms with E-state index in [4.69, 9.17) is 10.2 Å². The first-order chi connectivity index (χ1) is 7.34. The highest BCUT2D eigenvalue weighted by molar-refractivity contribution is 5.66. The molecule has 5 nitrogen and oxygen atoms in total. The number of nitrogens with zero attached hydrogens (tertiary/aromatic N) is 1. The summed E-state index contributed by atoms with van der Waals surface area (Å²) in [5.74, 6) is 0. The van der Waals surface area contributed by atoms with Crippen LogP contribution in [0.25, 0.3) is 0 Å². The Morgan fingerprint density at radius 2 is 1.81 bits per heavy atom. The zero-order chi connectivity index (χ0) is 12.8. The second kappa shape index (κ2) is 6.70. The van der Waals surface area contributed by atoms with E-state index in [1.165, 1.54) is 4.90 Å². The van der Waals surface area contributed by atoms with E-state index in [-0.39, 0.29) is 13.2 Å². The number of amides is 1. The largest absolute Gasteiger partial charge is 0.465 e. The molecule has 0 spiro atoms. The van der Waals surface area contributed by atoms with Crippen LogP contribution in [0.15, 0.2) is 0 Å². The number of aliphatic hydroxyl groups is 2. The highest BCUT2D eigenvalue weighted by Gasteiger charge is 2.32. The molecular formula is C11H23NO4. The fourth-order valence-electron chi connectivity index (χ4n) is 1.78. The molecule has 5 heteroatoms. The Morgan fingerprint density at radius 3 is 2.12 bits per heavy atom. The third-order valence-corrected chi connectivity index (χ3v) is 2.45. The van der Waals surface area contributed by atoms with Crippen molar-refractivity contribution in [3.05, 3.63) is 0 Å². The highest BCUT2D eigenvalue weighted by Crippen LogP contribution is 2.20. The molecule has 0 saturated heterocycles. The summed E-state index contributed by atoms with van der Waals surface area (Å²) in [6.07, 6.45) is 0.895. The smallest absolute Gasteiger partial charge is 0.408 e. The summed E-state index contributed by atoms with van der Waals surface area (Å²) in [4.78, 5) is 12.4. The van der Waals surface area contributed by atoms with Crippen molar-refractivity contribution in [2.24, 2.45) is 0 Å². The highest BCUT2D eigenvalue weighted by atomic mass is 16.4. The molecule has 0 heterocycles. The van der Waals surface area contributed by atoms with Gasteiger partial charge in [0.2, 0.25) is 0 Å². The predicted octanol–water partition coefficient (Wildman–Crippen LogP) is 1.29. The van der Waals surface area contributed by atoms with Gasteiger partial charge < -0.3 is 15.3 Å². The first kappa shape index (κ1) is 15.2. The lowest BCUT2D eigenvalue weighted by Gasteiger charge is -2.39. The van der Waals surface area contributed by atoms with Gasteiger partial charge in [-0.1, -0.05) is 0 Å². The third-order valence-electron chi connectivity index (χ3n) is 2.45. The monoisotopic (exact) mass is 233 g/mol. The molecule has 16 heavy (non-hydrogen) atoms. The summed E-state index contributed by atoms with van der Waals surface area (Å²) in [6.45, 7) is 5.32. The third kappa shape index (κ3) is 4.81. The van der Waals surface area contributed by atoms with Crippen LogP contribution in [0.3, 0.4) is 0 Å². The summed E-state index contributed by atoms with van der Waals surface area (Å²) in [6, 6.07) is -0.399. The van der Waals surface area contributed by atoms with Crippen LogP contribution in [0.1, 0.15) is 40.0 Å². The van der Waals surface area contributed by atoms with E-state index in [2.05, 4.69) is 0 Å². The van der Waals surface area contributed by atoms with Gasteiger partial charge in [-0.25, -0.2) is 4.79 Å². The topological polar surface area (TPSA) is 81.0 Å². The number of carbonyl (C=O) groups is 1. The normalized spacial score (nSPS) is 13.6. The number of aliphatic hydroxyl groups excluding tert-OH is 2. The average Bonchev–Trinajstić information content (AvgIpc) is 2.13. The minimum Gasteiger partial charge on any atom is -0.465 e. The summed E-state index contributed by atoms with van der Waals surface area (Å²) in [7, 11) is 0. The molecule has 3 N–H and O–H groups in total. The van der Waals surface area contributed by atoms with Gasteiger partial charge in [-0.05, 0) is 40.0 Å². The predicted molar refractivity (Wildman–Crippen MR) is 61.4 cm³/mol. The molecule has 1 amide bonds. The van der Waals surface area contributed by atoms with Crippen LogP contribution < -0.4 is 0 Å². The van der Waals surface area contributed by atoms with Crippen molar-refractivity contribution in [1.82, 2.24) is 4.90 Å². The van der Waals surface area contributed by atoms with E-state index in [0.717, 1.165) is 0 Å². The molecule has 0 fully saturated rings. The van der Waals surface area contributed by atoms with Crippen molar-refractivity contribution in [2.75, 3.05) is 13.2 Å². The standard InChI is InChI=1S/C11H23NO4/c1-11(2,3)12(10(15)16)9(8-14)6-4-5-7-13/h9,13-14H,4-8H2,1-3H3,(H,15,16)/t9-/m1/s1. The van der Waals surface area contributed by atoms with Gasteiger partial charge in [-0.15, -0.1) is 0 Å². The molecule has 0 saturated carbocycles. The van der Waals surface area contributed by atoms with Gasteiger partial charge in [-0.3, -0.25) is 4.90 Å². The minimum absolute atomic E-state index is 0.0980. The molecule has 0 aromatic carbocycles. The van der Waals surface area contributed by atoms with E-state index in [9.17, 15) is 9.90 Å². The van der Waals surface area contributed by atoms with Crippen LogP contribution in [0.5, 0.6) is 0 Å². The summed E-state index contributed by atoms with van der Waals surface area (Å²) >= 11 is 0. The van der Waals surface area contributed by atoms with Crippen molar-refractivity contribution in [2.45, 2.75) is 51.6 Å². The Bertz CT molecular complexity index is 213. The molecule has 0 bridgehead atoms. The zero-order valence-electron chi connectivity index (χ0n) is 10.3. The number of carboxylic acid groups (broad SMARTS) is 1. The summed E-state index contributed by atoms with van der Waals surface area (Å²) in [5, 5.41) is 27.0. The van der Waals surface area contributed by atoms with Crippen LogP contribution in [-0.4, -0.2) is 51.1 Å². The Labute approximate surface area is 96.7 Å². The molecule has 0 aromatic rings. The number of hydrogen-bond donors (Lipinski definition) is 3. The Kier molecular flexibility index (Phi) is 6.36. The van der Waals surface area contributed by atoms with Crippen molar-refractivity contribution in [1.29, 1.82) is 0 Å². The number of hydrogen-bond acceptors (Lipinski definition) is 3. The molecule has 0 rings (SSSR count). The molecule has 0 aliphatic heterocycles. The maximum absolute atomic E-state index is 11.1. The van der Waals surface area contributed by atoms with E-state index >= 15 is 0 Å².